The van der Waals surface area contributed by atoms with Gasteiger partial charge in [0.1, 0.15) is 0 Å². The van der Waals surface area contributed by atoms with Crippen LogP contribution >= 0.6 is 35.3 Å². The summed E-state index contributed by atoms with van der Waals surface area (Å²) in [4.78, 5) is 15.3. The fraction of sp³-hybridized carbons (Fsp3) is 0.778. The molecule has 0 bridgehead atoms. The lowest BCUT2D eigenvalue weighted by Crippen LogP contribution is -2.42. The van der Waals surface area contributed by atoms with E-state index in [0.717, 1.165) is 70.7 Å². The summed E-state index contributed by atoms with van der Waals surface area (Å²) >= 11 is 1.82. The van der Waals surface area contributed by atoms with Crippen LogP contribution < -0.4 is 5.32 Å². The summed E-state index contributed by atoms with van der Waals surface area (Å²) < 4.78 is 5.44. The van der Waals surface area contributed by atoms with Crippen LogP contribution in [-0.4, -0.2) is 80.3 Å². The van der Waals surface area contributed by atoms with Crippen molar-refractivity contribution in [2.75, 3.05) is 59.5 Å². The first kappa shape index (κ1) is 21.8. The molecule has 0 aliphatic carbocycles. The number of thiazole rings is 1. The summed E-state index contributed by atoms with van der Waals surface area (Å²) in [5.74, 6) is 1.78. The Bertz CT molecular complexity index is 562. The lowest BCUT2D eigenvalue weighted by molar-refractivity contribution is 0.0315. The van der Waals surface area contributed by atoms with Gasteiger partial charge < -0.3 is 15.0 Å². The zero-order valence-electron chi connectivity index (χ0n) is 15.9. The van der Waals surface area contributed by atoms with Gasteiger partial charge in [-0.25, -0.2) is 4.98 Å². The molecule has 2 aliphatic heterocycles. The van der Waals surface area contributed by atoms with Gasteiger partial charge in [-0.05, 0) is 18.8 Å². The van der Waals surface area contributed by atoms with E-state index in [-0.39, 0.29) is 24.0 Å². The van der Waals surface area contributed by atoms with Gasteiger partial charge in [0.2, 0.25) is 0 Å². The minimum Gasteiger partial charge on any atom is -0.379 e. The van der Waals surface area contributed by atoms with Crippen LogP contribution in [0.15, 0.2) is 11.2 Å². The molecule has 6 nitrogen and oxygen atoms in total. The second-order valence-corrected chi connectivity index (χ2v) is 8.01. The average molecular weight is 493 g/mol. The molecule has 1 aromatic rings. The van der Waals surface area contributed by atoms with E-state index in [4.69, 9.17) is 4.74 Å². The van der Waals surface area contributed by atoms with Gasteiger partial charge in [0.05, 0.1) is 18.2 Å². The second-order valence-electron chi connectivity index (χ2n) is 6.81. The Morgan fingerprint density at radius 3 is 2.88 bits per heavy atom. The van der Waals surface area contributed by atoms with Gasteiger partial charge in [0.25, 0.3) is 0 Å². The SMILES string of the molecule is CCc1cnc(CCNC(=NC)N2CCC(CN3CCOCC3)C2)s1.I. The van der Waals surface area contributed by atoms with E-state index in [1.807, 2.05) is 24.6 Å². The minimum absolute atomic E-state index is 0. The van der Waals surface area contributed by atoms with Crippen molar-refractivity contribution in [2.24, 2.45) is 10.9 Å². The summed E-state index contributed by atoms with van der Waals surface area (Å²) in [5.41, 5.74) is 0. The van der Waals surface area contributed by atoms with Gasteiger partial charge in [-0.15, -0.1) is 35.3 Å². The van der Waals surface area contributed by atoms with E-state index in [2.05, 4.69) is 32.0 Å². The van der Waals surface area contributed by atoms with Crippen LogP contribution in [-0.2, 0) is 17.6 Å². The largest absolute Gasteiger partial charge is 0.379 e. The van der Waals surface area contributed by atoms with Gasteiger partial charge in [-0.3, -0.25) is 9.89 Å². The fourth-order valence-corrected chi connectivity index (χ4v) is 4.43. The molecule has 2 aliphatic rings. The first-order valence-corrected chi connectivity index (χ1v) is 10.3. The molecule has 1 aromatic heterocycles. The highest BCUT2D eigenvalue weighted by Gasteiger charge is 2.26. The first-order chi connectivity index (χ1) is 12.3. The van der Waals surface area contributed by atoms with Crippen LogP contribution in [0.25, 0.3) is 0 Å². The number of likely N-dealkylation sites (tertiary alicyclic amines) is 1. The number of aromatic nitrogens is 1. The molecule has 0 aromatic carbocycles. The Labute approximate surface area is 178 Å². The Balaban J connectivity index is 0.00000243. The van der Waals surface area contributed by atoms with Crippen molar-refractivity contribution in [3.05, 3.63) is 16.1 Å². The van der Waals surface area contributed by atoms with Crippen molar-refractivity contribution in [2.45, 2.75) is 26.2 Å². The first-order valence-electron chi connectivity index (χ1n) is 9.47. The van der Waals surface area contributed by atoms with Crippen LogP contribution in [0.1, 0.15) is 23.2 Å². The molecule has 0 spiro atoms. The van der Waals surface area contributed by atoms with Gasteiger partial charge >= 0.3 is 0 Å². The molecule has 3 heterocycles. The number of nitrogens with one attached hydrogen (secondary N) is 1. The van der Waals surface area contributed by atoms with Crippen LogP contribution in [0.5, 0.6) is 0 Å². The summed E-state index contributed by atoms with van der Waals surface area (Å²) in [6.45, 7) is 10.4. The number of aryl methyl sites for hydroxylation is 1. The molecule has 1 atom stereocenters. The number of morpholine rings is 1. The van der Waals surface area contributed by atoms with Crippen LogP contribution in [0.4, 0.5) is 0 Å². The maximum absolute atomic E-state index is 5.44. The van der Waals surface area contributed by atoms with E-state index < -0.39 is 0 Å². The lowest BCUT2D eigenvalue weighted by atomic mass is 10.1. The molecule has 26 heavy (non-hydrogen) atoms. The Hall–Kier alpha value is -0.450. The van der Waals surface area contributed by atoms with Gasteiger partial charge in [-0.1, -0.05) is 6.92 Å². The molecule has 2 saturated heterocycles. The molecule has 0 saturated carbocycles. The summed E-state index contributed by atoms with van der Waals surface area (Å²) in [7, 11) is 1.89. The second kappa shape index (κ2) is 11.4. The van der Waals surface area contributed by atoms with Gasteiger partial charge in [0, 0.05) is 63.8 Å². The number of halogens is 1. The quantitative estimate of drug-likeness (QED) is 0.374. The maximum Gasteiger partial charge on any atom is 0.193 e. The van der Waals surface area contributed by atoms with Crippen molar-refractivity contribution in [1.82, 2.24) is 20.1 Å². The third kappa shape index (κ3) is 6.31. The summed E-state index contributed by atoms with van der Waals surface area (Å²) in [6, 6.07) is 0. The number of rotatable bonds is 6. The van der Waals surface area contributed by atoms with E-state index in [0.29, 0.717) is 0 Å². The van der Waals surface area contributed by atoms with Gasteiger partial charge in [-0.2, -0.15) is 0 Å². The summed E-state index contributed by atoms with van der Waals surface area (Å²) in [5, 5.41) is 4.73. The Morgan fingerprint density at radius 1 is 1.38 bits per heavy atom. The standard InChI is InChI=1S/C18H31N5OS.HI/c1-3-16-12-21-17(25-16)4-6-20-18(19-2)23-7-5-15(14-23)13-22-8-10-24-11-9-22;/h12,15H,3-11,13-14H2,1-2H3,(H,19,20);1H. The van der Waals surface area contributed by atoms with Crippen molar-refractivity contribution in [1.29, 1.82) is 0 Å². The predicted octanol–water partition coefficient (Wildman–Crippen LogP) is 2.10. The number of ether oxygens (including phenoxy) is 1. The maximum atomic E-state index is 5.44. The molecular formula is C18H32IN5OS. The monoisotopic (exact) mass is 493 g/mol. The van der Waals surface area contributed by atoms with Crippen molar-refractivity contribution in [3.63, 3.8) is 0 Å². The molecule has 0 radical (unpaired) electrons. The summed E-state index contributed by atoms with van der Waals surface area (Å²) in [6.07, 6.45) is 5.30. The highest BCUT2D eigenvalue weighted by molar-refractivity contribution is 14.0. The Morgan fingerprint density at radius 2 is 2.19 bits per heavy atom. The number of aliphatic imine (C=N–C) groups is 1. The highest BCUT2D eigenvalue weighted by Crippen LogP contribution is 2.18. The van der Waals surface area contributed by atoms with E-state index in [1.54, 1.807) is 0 Å². The molecule has 2 fully saturated rings. The lowest BCUT2D eigenvalue weighted by Gasteiger charge is -2.29. The molecule has 3 rings (SSSR count). The third-order valence-corrected chi connectivity index (χ3v) is 6.19. The third-order valence-electron chi connectivity index (χ3n) is 4.99. The fourth-order valence-electron chi connectivity index (χ4n) is 3.56. The normalized spacial score (nSPS) is 21.7. The molecule has 1 N–H and O–H groups in total. The number of hydrogen-bond donors (Lipinski definition) is 1. The van der Waals surface area contributed by atoms with Crippen molar-refractivity contribution >= 4 is 41.3 Å². The van der Waals surface area contributed by atoms with E-state index in [9.17, 15) is 0 Å². The molecule has 148 valence electrons. The average Bonchev–Trinajstić information content (AvgIpc) is 3.29. The van der Waals surface area contributed by atoms with Crippen molar-refractivity contribution < 1.29 is 4.74 Å². The predicted molar refractivity (Wildman–Crippen MR) is 119 cm³/mol. The molecule has 8 heteroatoms. The van der Waals surface area contributed by atoms with Crippen molar-refractivity contribution in [3.8, 4) is 0 Å². The number of guanidine groups is 1. The van der Waals surface area contributed by atoms with E-state index in [1.165, 1.54) is 22.9 Å². The topological polar surface area (TPSA) is 53.0 Å². The Kier molecular flexibility index (Phi) is 9.58. The molecule has 0 amide bonds. The van der Waals surface area contributed by atoms with Crippen LogP contribution in [0.3, 0.4) is 0 Å². The van der Waals surface area contributed by atoms with E-state index >= 15 is 0 Å². The number of nitrogens with zero attached hydrogens (tertiary/aromatic N) is 4. The molecule has 1 unspecified atom stereocenters. The zero-order chi connectivity index (χ0) is 17.5. The number of hydrogen-bond acceptors (Lipinski definition) is 5. The molecular weight excluding hydrogens is 461 g/mol. The van der Waals surface area contributed by atoms with Gasteiger partial charge in [0.15, 0.2) is 5.96 Å². The highest BCUT2D eigenvalue weighted by atomic mass is 127. The van der Waals surface area contributed by atoms with Crippen LogP contribution in [0, 0.1) is 5.92 Å². The zero-order valence-corrected chi connectivity index (χ0v) is 19.1. The minimum atomic E-state index is 0. The van der Waals surface area contributed by atoms with Crippen LogP contribution in [0.2, 0.25) is 0 Å². The smallest absolute Gasteiger partial charge is 0.193 e.